The number of halogens is 7. The Kier molecular flexibility index (Phi) is 3.16. The molecular weight excluding hydrogens is 223 g/mol. The minimum Gasteiger partial charge on any atom is -0.324 e. The summed E-state index contributed by atoms with van der Waals surface area (Å²) in [5.41, 5.74) is 4.27. The Balaban J connectivity index is 5.18. The molecule has 0 rings (SSSR count). The molecule has 2 nitrogen and oxygen atoms in total. The quantitative estimate of drug-likeness (QED) is 0.739. The molecule has 14 heavy (non-hydrogen) atoms. The molecule has 0 heterocycles. The van der Waals surface area contributed by atoms with Crippen LogP contribution in [0.5, 0.6) is 0 Å². The normalized spacial score (nSPS) is 14.3. The highest BCUT2D eigenvalue weighted by molar-refractivity contribution is 5.88. The van der Waals surface area contributed by atoms with Crippen molar-refractivity contribution >= 4 is 5.78 Å². The van der Waals surface area contributed by atoms with Gasteiger partial charge in [-0.1, -0.05) is 0 Å². The molecule has 0 unspecified atom stereocenters. The fourth-order valence-corrected chi connectivity index (χ4v) is 0.481. The number of ketones is 1. The Labute approximate surface area is 72.9 Å². The van der Waals surface area contributed by atoms with Gasteiger partial charge in [0.25, 0.3) is 0 Å². The van der Waals surface area contributed by atoms with Gasteiger partial charge in [-0.3, -0.25) is 4.79 Å². The SMILES string of the molecule is NCC(=O)C(F)(F)C(F)(F)C(F)(F)F. The maximum absolute atomic E-state index is 12.2. The van der Waals surface area contributed by atoms with Crippen molar-refractivity contribution in [3.8, 4) is 0 Å². The molecule has 0 aromatic carbocycles. The van der Waals surface area contributed by atoms with Crippen LogP contribution in [0.25, 0.3) is 0 Å². The number of hydrogen-bond donors (Lipinski definition) is 1. The largest absolute Gasteiger partial charge is 0.460 e. The second kappa shape index (κ2) is 3.37. The maximum Gasteiger partial charge on any atom is 0.460 e. The van der Waals surface area contributed by atoms with Crippen LogP contribution >= 0.6 is 0 Å². The number of rotatable bonds is 3. The summed E-state index contributed by atoms with van der Waals surface area (Å²) in [6.07, 6.45) is -6.50. The van der Waals surface area contributed by atoms with Crippen molar-refractivity contribution < 1.29 is 35.5 Å². The first-order chi connectivity index (χ1) is 5.98. The average molecular weight is 227 g/mol. The van der Waals surface area contributed by atoms with E-state index in [1.54, 1.807) is 0 Å². The lowest BCUT2D eigenvalue weighted by Gasteiger charge is -2.26. The van der Waals surface area contributed by atoms with E-state index in [9.17, 15) is 35.5 Å². The van der Waals surface area contributed by atoms with Gasteiger partial charge in [0, 0.05) is 0 Å². The second-order valence-electron chi connectivity index (χ2n) is 2.27. The van der Waals surface area contributed by atoms with Crippen LogP contribution in [-0.2, 0) is 4.79 Å². The van der Waals surface area contributed by atoms with Crippen molar-refractivity contribution in [3.63, 3.8) is 0 Å². The molecule has 0 aliphatic rings. The third-order valence-electron chi connectivity index (χ3n) is 1.29. The molecule has 0 fully saturated rings. The topological polar surface area (TPSA) is 43.1 Å². The molecule has 0 amide bonds. The van der Waals surface area contributed by atoms with E-state index in [-0.39, 0.29) is 0 Å². The van der Waals surface area contributed by atoms with Gasteiger partial charge in [0.15, 0.2) is 0 Å². The van der Waals surface area contributed by atoms with Crippen LogP contribution in [0.1, 0.15) is 0 Å². The van der Waals surface area contributed by atoms with Gasteiger partial charge in [0.2, 0.25) is 5.78 Å². The molecule has 0 atom stereocenters. The Bertz CT molecular complexity index is 233. The molecule has 0 aliphatic heterocycles. The first-order valence-corrected chi connectivity index (χ1v) is 3.04. The predicted octanol–water partition coefficient (Wildman–Crippen LogP) is 1.35. The molecule has 0 bridgehead atoms. The van der Waals surface area contributed by atoms with Crippen molar-refractivity contribution in [1.29, 1.82) is 0 Å². The van der Waals surface area contributed by atoms with Crippen LogP contribution in [0, 0.1) is 0 Å². The van der Waals surface area contributed by atoms with Gasteiger partial charge in [-0.15, -0.1) is 0 Å². The number of carbonyl (C=O) groups is 1. The highest BCUT2D eigenvalue weighted by Gasteiger charge is 2.75. The summed E-state index contributed by atoms with van der Waals surface area (Å²) in [4.78, 5) is 10.1. The number of nitrogens with two attached hydrogens (primary N) is 1. The zero-order valence-corrected chi connectivity index (χ0v) is 6.34. The molecule has 0 aromatic rings. The van der Waals surface area contributed by atoms with Crippen molar-refractivity contribution in [1.82, 2.24) is 0 Å². The van der Waals surface area contributed by atoms with Gasteiger partial charge in [0.1, 0.15) is 0 Å². The predicted molar refractivity (Wildman–Crippen MR) is 30.0 cm³/mol. The minimum absolute atomic E-state index is 1.60. The number of carbonyl (C=O) groups excluding carboxylic acids is 1. The molecule has 0 spiro atoms. The van der Waals surface area contributed by atoms with E-state index in [1.165, 1.54) is 0 Å². The molecule has 9 heteroatoms. The summed E-state index contributed by atoms with van der Waals surface area (Å²) in [5.74, 6) is -14.9. The van der Waals surface area contributed by atoms with E-state index >= 15 is 0 Å². The van der Waals surface area contributed by atoms with Crippen LogP contribution < -0.4 is 5.73 Å². The van der Waals surface area contributed by atoms with Crippen LogP contribution in [0.3, 0.4) is 0 Å². The second-order valence-corrected chi connectivity index (χ2v) is 2.27. The molecule has 2 N–H and O–H groups in total. The van der Waals surface area contributed by atoms with Gasteiger partial charge in [-0.25, -0.2) is 0 Å². The first kappa shape index (κ1) is 13.1. The first-order valence-electron chi connectivity index (χ1n) is 3.04. The van der Waals surface area contributed by atoms with Crippen LogP contribution in [0.15, 0.2) is 0 Å². The summed E-state index contributed by atoms with van der Waals surface area (Å²) >= 11 is 0. The Morgan fingerprint density at radius 2 is 1.36 bits per heavy atom. The molecule has 0 aromatic heterocycles. The third-order valence-corrected chi connectivity index (χ3v) is 1.29. The standard InChI is InChI=1S/C5H4F7NO/c6-3(7,2(14)1-13)4(8,9)5(10,11)12/h1,13H2. The maximum atomic E-state index is 12.2. The zero-order valence-electron chi connectivity index (χ0n) is 6.34. The Morgan fingerprint density at radius 1 is 1.00 bits per heavy atom. The van der Waals surface area contributed by atoms with Crippen LogP contribution in [0.2, 0.25) is 0 Å². The van der Waals surface area contributed by atoms with E-state index < -0.39 is 30.3 Å². The Morgan fingerprint density at radius 3 is 1.57 bits per heavy atom. The van der Waals surface area contributed by atoms with Gasteiger partial charge in [-0.2, -0.15) is 30.7 Å². The summed E-state index contributed by atoms with van der Waals surface area (Å²) < 4.78 is 82.6. The summed E-state index contributed by atoms with van der Waals surface area (Å²) in [6.45, 7) is -1.60. The molecule has 84 valence electrons. The summed E-state index contributed by atoms with van der Waals surface area (Å²) in [6, 6.07) is 0. The summed E-state index contributed by atoms with van der Waals surface area (Å²) in [7, 11) is 0. The lowest BCUT2D eigenvalue weighted by molar-refractivity contribution is -0.343. The van der Waals surface area contributed by atoms with Crippen LogP contribution in [-0.4, -0.2) is 30.3 Å². The van der Waals surface area contributed by atoms with Gasteiger partial charge in [-0.05, 0) is 0 Å². The van der Waals surface area contributed by atoms with E-state index in [4.69, 9.17) is 0 Å². The monoisotopic (exact) mass is 227 g/mol. The average Bonchev–Trinajstić information content (AvgIpc) is 2.00. The minimum atomic E-state index is -6.50. The van der Waals surface area contributed by atoms with Crippen molar-refractivity contribution in [2.75, 3.05) is 6.54 Å². The van der Waals surface area contributed by atoms with E-state index in [0.29, 0.717) is 0 Å². The smallest absolute Gasteiger partial charge is 0.324 e. The van der Waals surface area contributed by atoms with Gasteiger partial charge >= 0.3 is 18.0 Å². The fourth-order valence-electron chi connectivity index (χ4n) is 0.481. The van der Waals surface area contributed by atoms with E-state index in [2.05, 4.69) is 5.73 Å². The van der Waals surface area contributed by atoms with Gasteiger partial charge < -0.3 is 5.73 Å². The number of hydrogen-bond acceptors (Lipinski definition) is 2. The molecule has 0 radical (unpaired) electrons. The highest BCUT2D eigenvalue weighted by Crippen LogP contribution is 2.46. The summed E-state index contributed by atoms with van der Waals surface area (Å²) in [5, 5.41) is 0. The molecule has 0 aliphatic carbocycles. The molecular formula is C5H4F7NO. The number of Topliss-reactive ketones (excluding diaryl/α,β-unsaturated/α-hetero) is 1. The fraction of sp³-hybridized carbons (Fsp3) is 0.800. The van der Waals surface area contributed by atoms with Gasteiger partial charge in [0.05, 0.1) is 6.54 Å². The third kappa shape index (κ3) is 1.81. The van der Waals surface area contributed by atoms with Crippen LogP contribution in [0.4, 0.5) is 30.7 Å². The van der Waals surface area contributed by atoms with E-state index in [1.807, 2.05) is 0 Å². The number of alkyl halides is 7. The molecule has 0 saturated heterocycles. The van der Waals surface area contributed by atoms with Crippen molar-refractivity contribution in [2.45, 2.75) is 18.0 Å². The van der Waals surface area contributed by atoms with Crippen molar-refractivity contribution in [2.24, 2.45) is 5.73 Å². The zero-order chi connectivity index (χ0) is 11.8. The Hall–Kier alpha value is -0.860. The lowest BCUT2D eigenvalue weighted by atomic mass is 10.1. The van der Waals surface area contributed by atoms with E-state index in [0.717, 1.165) is 0 Å². The molecule has 0 saturated carbocycles. The lowest BCUT2D eigenvalue weighted by Crippen LogP contribution is -2.57. The van der Waals surface area contributed by atoms with Crippen molar-refractivity contribution in [3.05, 3.63) is 0 Å². The highest BCUT2D eigenvalue weighted by atomic mass is 19.4.